The topological polar surface area (TPSA) is 104 Å². The van der Waals surface area contributed by atoms with E-state index in [-0.39, 0.29) is 17.9 Å². The summed E-state index contributed by atoms with van der Waals surface area (Å²) in [4.78, 5) is 39.1. The summed E-state index contributed by atoms with van der Waals surface area (Å²) in [6.07, 6.45) is 1.39. The van der Waals surface area contributed by atoms with Crippen LogP contribution >= 0.6 is 0 Å². The van der Waals surface area contributed by atoms with Gasteiger partial charge in [-0.2, -0.15) is 5.10 Å². The van der Waals surface area contributed by atoms with E-state index in [1.54, 1.807) is 14.0 Å². The summed E-state index contributed by atoms with van der Waals surface area (Å²) in [7, 11) is 1.66. The number of carbonyl (C=O) groups excluding carboxylic acids is 1. The summed E-state index contributed by atoms with van der Waals surface area (Å²) in [5.41, 5.74) is 1.02. The first-order valence-electron chi connectivity index (χ1n) is 7.67. The maximum Gasteiger partial charge on any atom is 0.328 e. The normalized spacial score (nSPS) is 11.5. The third-order valence-electron chi connectivity index (χ3n) is 3.73. The van der Waals surface area contributed by atoms with Gasteiger partial charge in [-0.25, -0.2) is 4.79 Å². The predicted octanol–water partition coefficient (Wildman–Crippen LogP) is 0.524. The summed E-state index contributed by atoms with van der Waals surface area (Å²) in [5.74, 6) is -0.240. The minimum atomic E-state index is -0.594. The van der Waals surface area contributed by atoms with Crippen LogP contribution in [0, 0.1) is 6.92 Å². The third-order valence-corrected chi connectivity index (χ3v) is 3.73. The van der Waals surface area contributed by atoms with Gasteiger partial charge in [0.25, 0.3) is 5.56 Å². The van der Waals surface area contributed by atoms with E-state index in [1.807, 2.05) is 6.07 Å². The van der Waals surface area contributed by atoms with Crippen molar-refractivity contribution < 1.29 is 4.79 Å². The molecule has 130 valence electrons. The van der Waals surface area contributed by atoms with Crippen molar-refractivity contribution >= 4 is 5.91 Å². The standard InChI is InChI=1S/C16H23N5O3/c1-10-7-21(15(24)17-14(10)23)9-13(22)20(5)8-11-6-12(19-18-11)16(2,3)4/h6-7H,8-9H2,1-5H3,(H,18,19)(H,17,23,24). The molecule has 8 nitrogen and oxygen atoms in total. The number of amides is 1. The fourth-order valence-electron chi connectivity index (χ4n) is 2.17. The Balaban J connectivity index is 2.08. The molecule has 2 aromatic heterocycles. The average Bonchev–Trinajstić information content (AvgIpc) is 2.93. The Bertz CT molecular complexity index is 854. The molecule has 0 aliphatic heterocycles. The van der Waals surface area contributed by atoms with Gasteiger partial charge in [0.15, 0.2) is 0 Å². The zero-order valence-corrected chi connectivity index (χ0v) is 14.6. The van der Waals surface area contributed by atoms with Gasteiger partial charge in [0.05, 0.1) is 17.9 Å². The molecule has 0 atom stereocenters. The van der Waals surface area contributed by atoms with Crippen molar-refractivity contribution in [2.45, 2.75) is 46.2 Å². The Kier molecular flexibility index (Phi) is 4.77. The van der Waals surface area contributed by atoms with Crippen molar-refractivity contribution in [3.63, 3.8) is 0 Å². The quantitative estimate of drug-likeness (QED) is 0.851. The van der Waals surface area contributed by atoms with Gasteiger partial charge in [-0.05, 0) is 13.0 Å². The lowest BCUT2D eigenvalue weighted by Crippen LogP contribution is -2.37. The molecule has 8 heteroatoms. The molecule has 2 aromatic rings. The second-order valence-electron chi connectivity index (χ2n) is 6.98. The number of likely N-dealkylation sites (N-methyl/N-ethyl adjacent to an activating group) is 1. The van der Waals surface area contributed by atoms with E-state index in [0.717, 1.165) is 11.4 Å². The molecular weight excluding hydrogens is 310 g/mol. The first-order chi connectivity index (χ1) is 11.1. The number of aromatic amines is 2. The number of nitrogens with zero attached hydrogens (tertiary/aromatic N) is 3. The Morgan fingerprint density at radius 2 is 2.00 bits per heavy atom. The summed E-state index contributed by atoms with van der Waals surface area (Å²) < 4.78 is 1.20. The van der Waals surface area contributed by atoms with Crippen LogP contribution < -0.4 is 11.2 Å². The third kappa shape index (κ3) is 4.01. The largest absolute Gasteiger partial charge is 0.338 e. The number of hydrogen-bond acceptors (Lipinski definition) is 4. The van der Waals surface area contributed by atoms with E-state index in [2.05, 4.69) is 36.0 Å². The molecule has 0 aliphatic rings. The van der Waals surface area contributed by atoms with Crippen LogP contribution in [-0.4, -0.2) is 37.6 Å². The Hall–Kier alpha value is -2.64. The van der Waals surface area contributed by atoms with Crippen LogP contribution in [0.3, 0.4) is 0 Å². The molecule has 0 saturated heterocycles. The molecule has 2 N–H and O–H groups in total. The molecule has 0 saturated carbocycles. The second kappa shape index (κ2) is 6.46. The van der Waals surface area contributed by atoms with E-state index in [4.69, 9.17) is 0 Å². The van der Waals surface area contributed by atoms with Crippen molar-refractivity contribution in [2.24, 2.45) is 0 Å². The van der Waals surface area contributed by atoms with Gasteiger partial charge >= 0.3 is 5.69 Å². The molecule has 0 unspecified atom stereocenters. The van der Waals surface area contributed by atoms with Crippen LogP contribution in [-0.2, 0) is 23.3 Å². The van der Waals surface area contributed by atoms with Gasteiger partial charge < -0.3 is 4.90 Å². The minimum Gasteiger partial charge on any atom is -0.338 e. The average molecular weight is 333 g/mol. The van der Waals surface area contributed by atoms with E-state index in [0.29, 0.717) is 12.1 Å². The molecule has 24 heavy (non-hydrogen) atoms. The van der Waals surface area contributed by atoms with Gasteiger partial charge in [0, 0.05) is 24.2 Å². The SMILES string of the molecule is Cc1cn(CC(=O)N(C)Cc2cc(C(C)(C)C)n[nH]2)c(=O)[nH]c1=O. The van der Waals surface area contributed by atoms with Crippen molar-refractivity contribution in [1.82, 2.24) is 24.6 Å². The first kappa shape index (κ1) is 17.7. The number of hydrogen-bond donors (Lipinski definition) is 2. The molecule has 0 aromatic carbocycles. The first-order valence-corrected chi connectivity index (χ1v) is 7.67. The van der Waals surface area contributed by atoms with Crippen LogP contribution in [0.1, 0.15) is 37.7 Å². The van der Waals surface area contributed by atoms with Gasteiger partial charge in [-0.3, -0.25) is 24.2 Å². The van der Waals surface area contributed by atoms with Crippen molar-refractivity contribution in [1.29, 1.82) is 0 Å². The Morgan fingerprint density at radius 3 is 2.58 bits per heavy atom. The van der Waals surface area contributed by atoms with E-state index in [9.17, 15) is 14.4 Å². The Morgan fingerprint density at radius 1 is 1.33 bits per heavy atom. The molecular formula is C16H23N5O3. The number of nitrogens with one attached hydrogen (secondary N) is 2. The molecule has 2 heterocycles. The minimum absolute atomic E-state index is 0.0714. The van der Waals surface area contributed by atoms with Crippen LogP contribution in [0.15, 0.2) is 21.9 Å². The van der Waals surface area contributed by atoms with Gasteiger partial charge in [0.2, 0.25) is 5.91 Å². The zero-order chi connectivity index (χ0) is 18.1. The second-order valence-corrected chi connectivity index (χ2v) is 6.98. The van der Waals surface area contributed by atoms with Gasteiger partial charge in [-0.1, -0.05) is 20.8 Å². The molecule has 2 rings (SSSR count). The maximum atomic E-state index is 12.3. The van der Waals surface area contributed by atoms with Gasteiger partial charge in [0.1, 0.15) is 6.54 Å². The number of aryl methyl sites for hydroxylation is 1. The molecule has 0 aliphatic carbocycles. The van der Waals surface area contributed by atoms with Gasteiger partial charge in [-0.15, -0.1) is 0 Å². The number of carbonyl (C=O) groups is 1. The summed E-state index contributed by atoms with van der Waals surface area (Å²) in [6.45, 7) is 8.00. The maximum absolute atomic E-state index is 12.3. The van der Waals surface area contributed by atoms with E-state index in [1.165, 1.54) is 15.7 Å². The zero-order valence-electron chi connectivity index (χ0n) is 14.6. The number of H-pyrrole nitrogens is 2. The number of aromatic nitrogens is 4. The molecule has 0 radical (unpaired) electrons. The Labute approximate surface area is 139 Å². The van der Waals surface area contributed by atoms with Crippen molar-refractivity contribution in [2.75, 3.05) is 7.05 Å². The fraction of sp³-hybridized carbons (Fsp3) is 0.500. The van der Waals surface area contributed by atoms with Crippen molar-refractivity contribution in [3.8, 4) is 0 Å². The highest BCUT2D eigenvalue weighted by atomic mass is 16.2. The lowest BCUT2D eigenvalue weighted by atomic mass is 9.92. The van der Waals surface area contributed by atoms with E-state index < -0.39 is 11.2 Å². The van der Waals surface area contributed by atoms with Crippen LogP contribution in [0.4, 0.5) is 0 Å². The highest BCUT2D eigenvalue weighted by Crippen LogP contribution is 2.20. The summed E-state index contributed by atoms with van der Waals surface area (Å²) in [6, 6.07) is 1.93. The van der Waals surface area contributed by atoms with Crippen molar-refractivity contribution in [3.05, 3.63) is 50.1 Å². The lowest BCUT2D eigenvalue weighted by molar-refractivity contribution is -0.131. The summed E-state index contributed by atoms with van der Waals surface area (Å²) in [5, 5.41) is 7.19. The summed E-state index contributed by atoms with van der Waals surface area (Å²) >= 11 is 0. The van der Waals surface area contributed by atoms with Crippen LogP contribution in [0.5, 0.6) is 0 Å². The highest BCUT2D eigenvalue weighted by molar-refractivity contribution is 5.75. The highest BCUT2D eigenvalue weighted by Gasteiger charge is 2.19. The fourth-order valence-corrected chi connectivity index (χ4v) is 2.17. The van der Waals surface area contributed by atoms with E-state index >= 15 is 0 Å². The number of rotatable bonds is 4. The lowest BCUT2D eigenvalue weighted by Gasteiger charge is -2.17. The smallest absolute Gasteiger partial charge is 0.328 e. The molecule has 0 bridgehead atoms. The van der Waals surface area contributed by atoms with Crippen LogP contribution in [0.2, 0.25) is 0 Å². The molecule has 0 fully saturated rings. The molecule has 1 amide bonds. The monoisotopic (exact) mass is 333 g/mol. The predicted molar refractivity (Wildman–Crippen MR) is 89.8 cm³/mol. The molecule has 0 spiro atoms. The van der Waals surface area contributed by atoms with Crippen LogP contribution in [0.25, 0.3) is 0 Å².